The van der Waals surface area contributed by atoms with Crippen molar-refractivity contribution in [2.45, 2.75) is 18.9 Å². The molecule has 1 saturated heterocycles. The van der Waals surface area contributed by atoms with Crippen molar-refractivity contribution in [1.29, 1.82) is 0 Å². The van der Waals surface area contributed by atoms with Gasteiger partial charge in [0.05, 0.1) is 18.3 Å². The van der Waals surface area contributed by atoms with Gasteiger partial charge in [0.15, 0.2) is 0 Å². The molecule has 3 N–H and O–H groups in total. The topological polar surface area (TPSA) is 60.2 Å². The van der Waals surface area contributed by atoms with Crippen molar-refractivity contribution in [1.82, 2.24) is 10.4 Å². The Morgan fingerprint density at radius 3 is 3.12 bits per heavy atom. The summed E-state index contributed by atoms with van der Waals surface area (Å²) >= 11 is 3.51. The van der Waals surface area contributed by atoms with Crippen LogP contribution in [0.2, 0.25) is 0 Å². The summed E-state index contributed by atoms with van der Waals surface area (Å²) in [6.45, 7) is 1.61. The number of nitrogens with two attached hydrogens (primary N) is 1. The highest BCUT2D eigenvalue weighted by Crippen LogP contribution is 2.30. The molecular formula is C11H16BrN3O. The van der Waals surface area contributed by atoms with Crippen LogP contribution in [0.25, 0.3) is 0 Å². The molecule has 2 heterocycles. The maximum Gasteiger partial charge on any atom is 0.0732 e. The van der Waals surface area contributed by atoms with E-state index in [2.05, 4.69) is 26.3 Å². The summed E-state index contributed by atoms with van der Waals surface area (Å²) in [7, 11) is 0. The van der Waals surface area contributed by atoms with Gasteiger partial charge in [0, 0.05) is 23.2 Å². The van der Waals surface area contributed by atoms with E-state index in [1.807, 2.05) is 12.1 Å². The Balaban J connectivity index is 2.18. The summed E-state index contributed by atoms with van der Waals surface area (Å²) in [6.07, 6.45) is 4.00. The van der Waals surface area contributed by atoms with Crippen molar-refractivity contribution >= 4 is 15.9 Å². The van der Waals surface area contributed by atoms with Crippen LogP contribution in [-0.4, -0.2) is 18.2 Å². The maximum atomic E-state index is 5.64. The van der Waals surface area contributed by atoms with Crippen LogP contribution in [0.15, 0.2) is 22.8 Å². The first kappa shape index (κ1) is 12.0. The Bertz CT molecular complexity index is 342. The maximum absolute atomic E-state index is 5.64. The number of hydrogen-bond acceptors (Lipinski definition) is 4. The molecule has 4 nitrogen and oxygen atoms in total. The molecule has 5 heteroatoms. The number of pyridine rings is 1. The molecule has 0 aliphatic carbocycles. The third kappa shape index (κ3) is 2.60. The summed E-state index contributed by atoms with van der Waals surface area (Å²) in [6, 6.07) is 3.94. The minimum Gasteiger partial charge on any atom is -0.381 e. The van der Waals surface area contributed by atoms with E-state index >= 15 is 0 Å². The quantitative estimate of drug-likeness (QED) is 0.657. The highest BCUT2D eigenvalue weighted by atomic mass is 79.9. The van der Waals surface area contributed by atoms with Crippen LogP contribution in [0.3, 0.4) is 0 Å². The first-order valence-electron chi connectivity index (χ1n) is 5.47. The predicted octanol–water partition coefficient (Wildman–Crippen LogP) is 1.78. The van der Waals surface area contributed by atoms with Crippen LogP contribution in [0, 0.1) is 5.92 Å². The van der Waals surface area contributed by atoms with Crippen molar-refractivity contribution < 1.29 is 4.74 Å². The molecule has 1 aliphatic rings. The average Bonchev–Trinajstić information content (AvgIpc) is 2.34. The number of rotatable bonds is 3. The highest BCUT2D eigenvalue weighted by molar-refractivity contribution is 9.10. The third-order valence-electron chi connectivity index (χ3n) is 2.93. The van der Waals surface area contributed by atoms with E-state index in [0.29, 0.717) is 5.92 Å². The van der Waals surface area contributed by atoms with E-state index in [0.717, 1.165) is 36.2 Å². The Labute approximate surface area is 104 Å². The van der Waals surface area contributed by atoms with Gasteiger partial charge in [0.25, 0.3) is 0 Å². The van der Waals surface area contributed by atoms with Crippen LogP contribution >= 0.6 is 15.9 Å². The second kappa shape index (κ2) is 5.72. The fraction of sp³-hybridized carbons (Fsp3) is 0.545. The number of hydrogen-bond donors (Lipinski definition) is 2. The van der Waals surface area contributed by atoms with Gasteiger partial charge in [-0.2, -0.15) is 0 Å². The molecule has 1 fully saturated rings. The molecule has 0 spiro atoms. The normalized spacial score (nSPS) is 23.0. The molecular weight excluding hydrogens is 270 g/mol. The number of hydrazine groups is 1. The van der Waals surface area contributed by atoms with Gasteiger partial charge >= 0.3 is 0 Å². The van der Waals surface area contributed by atoms with Crippen LogP contribution in [-0.2, 0) is 4.74 Å². The molecule has 0 saturated carbocycles. The van der Waals surface area contributed by atoms with E-state index in [-0.39, 0.29) is 6.04 Å². The molecule has 88 valence electrons. The SMILES string of the molecule is NNC(c1ncccc1Br)C1CCCOC1. The first-order chi connectivity index (χ1) is 7.83. The summed E-state index contributed by atoms with van der Waals surface area (Å²) in [4.78, 5) is 4.38. The lowest BCUT2D eigenvalue weighted by Gasteiger charge is -2.29. The molecule has 1 aromatic heterocycles. The second-order valence-electron chi connectivity index (χ2n) is 3.99. The van der Waals surface area contributed by atoms with E-state index in [1.54, 1.807) is 6.20 Å². The number of nitrogens with one attached hydrogen (secondary N) is 1. The Kier molecular flexibility index (Phi) is 4.29. The largest absolute Gasteiger partial charge is 0.381 e. The molecule has 1 aromatic rings. The molecule has 0 radical (unpaired) electrons. The van der Waals surface area contributed by atoms with Gasteiger partial charge in [-0.3, -0.25) is 16.3 Å². The fourth-order valence-corrected chi connectivity index (χ4v) is 2.60. The van der Waals surface area contributed by atoms with Crippen molar-refractivity contribution in [3.8, 4) is 0 Å². The van der Waals surface area contributed by atoms with E-state index in [9.17, 15) is 0 Å². The van der Waals surface area contributed by atoms with Gasteiger partial charge < -0.3 is 4.74 Å². The fourth-order valence-electron chi connectivity index (χ4n) is 2.09. The zero-order valence-corrected chi connectivity index (χ0v) is 10.6. The van der Waals surface area contributed by atoms with Crippen molar-refractivity contribution in [2.75, 3.05) is 13.2 Å². The summed E-state index contributed by atoms with van der Waals surface area (Å²) in [5.41, 5.74) is 3.82. The minimum absolute atomic E-state index is 0.0517. The van der Waals surface area contributed by atoms with Gasteiger partial charge in [-0.25, -0.2) is 0 Å². The van der Waals surface area contributed by atoms with Crippen LogP contribution < -0.4 is 11.3 Å². The lowest BCUT2D eigenvalue weighted by atomic mass is 9.92. The van der Waals surface area contributed by atoms with Gasteiger partial charge in [-0.15, -0.1) is 0 Å². The third-order valence-corrected chi connectivity index (χ3v) is 3.60. The second-order valence-corrected chi connectivity index (χ2v) is 4.85. The highest BCUT2D eigenvalue weighted by Gasteiger charge is 2.26. The van der Waals surface area contributed by atoms with Gasteiger partial charge in [-0.05, 0) is 40.9 Å². The molecule has 2 atom stereocenters. The lowest BCUT2D eigenvalue weighted by Crippen LogP contribution is -2.37. The molecule has 2 rings (SSSR count). The molecule has 0 amide bonds. The number of nitrogens with zero attached hydrogens (tertiary/aromatic N) is 1. The average molecular weight is 286 g/mol. The molecule has 0 bridgehead atoms. The molecule has 2 unspecified atom stereocenters. The van der Waals surface area contributed by atoms with Crippen LogP contribution in [0.1, 0.15) is 24.6 Å². The summed E-state index contributed by atoms with van der Waals surface area (Å²) < 4.78 is 6.48. The smallest absolute Gasteiger partial charge is 0.0732 e. The Hall–Kier alpha value is -0.490. The molecule has 16 heavy (non-hydrogen) atoms. The van der Waals surface area contributed by atoms with Crippen molar-refractivity contribution in [3.63, 3.8) is 0 Å². The lowest BCUT2D eigenvalue weighted by molar-refractivity contribution is 0.0382. The molecule has 1 aliphatic heterocycles. The molecule has 0 aromatic carbocycles. The monoisotopic (exact) mass is 285 g/mol. The number of halogens is 1. The van der Waals surface area contributed by atoms with E-state index in [4.69, 9.17) is 10.6 Å². The van der Waals surface area contributed by atoms with Gasteiger partial charge in [0.2, 0.25) is 0 Å². The standard InChI is InChI=1S/C11H16BrN3O/c12-9-4-1-5-14-11(9)10(15-13)8-3-2-6-16-7-8/h1,4-5,8,10,15H,2-3,6-7,13H2. The van der Waals surface area contributed by atoms with Crippen LogP contribution in [0.5, 0.6) is 0 Å². The first-order valence-corrected chi connectivity index (χ1v) is 6.26. The number of ether oxygens (including phenoxy) is 1. The van der Waals surface area contributed by atoms with Gasteiger partial charge in [0.1, 0.15) is 0 Å². The minimum atomic E-state index is 0.0517. The van der Waals surface area contributed by atoms with Crippen LogP contribution in [0.4, 0.5) is 0 Å². The van der Waals surface area contributed by atoms with E-state index < -0.39 is 0 Å². The Morgan fingerprint density at radius 1 is 1.62 bits per heavy atom. The van der Waals surface area contributed by atoms with Crippen molar-refractivity contribution in [3.05, 3.63) is 28.5 Å². The van der Waals surface area contributed by atoms with Crippen molar-refractivity contribution in [2.24, 2.45) is 11.8 Å². The zero-order valence-electron chi connectivity index (χ0n) is 9.03. The van der Waals surface area contributed by atoms with E-state index in [1.165, 1.54) is 0 Å². The van der Waals surface area contributed by atoms with Gasteiger partial charge in [-0.1, -0.05) is 0 Å². The Morgan fingerprint density at radius 2 is 2.50 bits per heavy atom. The number of aromatic nitrogens is 1. The summed E-state index contributed by atoms with van der Waals surface area (Å²) in [5.74, 6) is 6.03. The predicted molar refractivity (Wildman–Crippen MR) is 65.5 cm³/mol. The zero-order chi connectivity index (χ0) is 11.4. The summed E-state index contributed by atoms with van der Waals surface area (Å²) in [5, 5.41) is 0.